The topological polar surface area (TPSA) is 87.0 Å². The Bertz CT molecular complexity index is 1290. The van der Waals surface area contributed by atoms with Gasteiger partial charge >= 0.3 is 0 Å². The molecule has 0 aliphatic heterocycles. The number of aromatic nitrogens is 3. The van der Waals surface area contributed by atoms with Gasteiger partial charge in [-0.15, -0.1) is 0 Å². The fourth-order valence-electron chi connectivity index (χ4n) is 4.10. The van der Waals surface area contributed by atoms with Crippen LogP contribution < -0.4 is 19.5 Å². The monoisotopic (exact) mass is 474 g/mol. The zero-order valence-electron chi connectivity index (χ0n) is 20.5. The second kappa shape index (κ2) is 10.9. The molecule has 4 aromatic rings. The van der Waals surface area contributed by atoms with Gasteiger partial charge in [-0.3, -0.25) is 4.79 Å². The van der Waals surface area contributed by atoms with E-state index in [1.807, 2.05) is 37.3 Å². The maximum atomic E-state index is 12.8. The number of aryl methyl sites for hydroxylation is 2. The lowest BCUT2D eigenvalue weighted by atomic mass is 10.1. The van der Waals surface area contributed by atoms with E-state index in [0.29, 0.717) is 35.0 Å². The van der Waals surface area contributed by atoms with Crippen LogP contribution in [0.2, 0.25) is 0 Å². The van der Waals surface area contributed by atoms with Crippen LogP contribution in [0.15, 0.2) is 54.9 Å². The molecule has 0 aliphatic rings. The summed E-state index contributed by atoms with van der Waals surface area (Å²) in [4.78, 5) is 17.4. The molecule has 0 fully saturated rings. The Labute approximate surface area is 204 Å². The highest BCUT2D eigenvalue weighted by Crippen LogP contribution is 2.41. The highest BCUT2D eigenvalue weighted by molar-refractivity contribution is 5.95. The number of nitrogens with zero attached hydrogens (tertiary/aromatic N) is 3. The number of ether oxygens (including phenoxy) is 3. The molecule has 0 unspecified atom stereocenters. The molecule has 0 bridgehead atoms. The lowest BCUT2D eigenvalue weighted by molar-refractivity contribution is 0.0951. The van der Waals surface area contributed by atoms with E-state index in [2.05, 4.69) is 27.5 Å². The molecular weight excluding hydrogens is 444 g/mol. The molecule has 35 heavy (non-hydrogen) atoms. The van der Waals surface area contributed by atoms with Crippen molar-refractivity contribution >= 4 is 11.6 Å². The third-order valence-electron chi connectivity index (χ3n) is 6.01. The molecule has 2 aromatic heterocycles. The van der Waals surface area contributed by atoms with Crippen LogP contribution in [0.5, 0.6) is 17.2 Å². The molecule has 8 heteroatoms. The number of benzene rings is 2. The molecule has 8 nitrogen and oxygen atoms in total. The van der Waals surface area contributed by atoms with Crippen LogP contribution >= 0.6 is 0 Å². The lowest BCUT2D eigenvalue weighted by Crippen LogP contribution is -2.26. The van der Waals surface area contributed by atoms with E-state index in [9.17, 15) is 4.79 Å². The highest BCUT2D eigenvalue weighted by Gasteiger charge is 2.19. The minimum atomic E-state index is -0.151. The standard InChI is InChI=1S/C27H30N4O4/c1-18-21(27(32)28-13-9-8-12-19-10-6-5-7-11-19)16-29-26-22(17-30-31(18)26)20-14-23(33-2)25(35-4)24(15-20)34-3/h5-7,10-11,14-17H,8-9,12-13H2,1-4H3,(H,28,32). The van der Waals surface area contributed by atoms with Gasteiger partial charge in [-0.2, -0.15) is 5.10 Å². The number of methoxy groups -OCH3 is 3. The van der Waals surface area contributed by atoms with E-state index in [1.165, 1.54) is 5.56 Å². The SMILES string of the molecule is COc1cc(-c2cnn3c(C)c(C(=O)NCCCCc4ccccc4)cnc23)cc(OC)c1OC. The van der Waals surface area contributed by atoms with Crippen molar-refractivity contribution in [2.45, 2.75) is 26.2 Å². The molecule has 0 aliphatic carbocycles. The number of hydrogen-bond acceptors (Lipinski definition) is 6. The Morgan fingerprint density at radius 2 is 1.69 bits per heavy atom. The summed E-state index contributed by atoms with van der Waals surface area (Å²) < 4.78 is 18.1. The zero-order valence-corrected chi connectivity index (χ0v) is 20.5. The van der Waals surface area contributed by atoms with Gasteiger partial charge in [0.2, 0.25) is 5.75 Å². The van der Waals surface area contributed by atoms with E-state index in [-0.39, 0.29) is 5.91 Å². The number of fused-ring (bicyclic) bond motifs is 1. The molecule has 1 amide bonds. The van der Waals surface area contributed by atoms with Gasteiger partial charge in [0.1, 0.15) is 0 Å². The Kier molecular flexibility index (Phi) is 7.50. The molecule has 2 aromatic carbocycles. The molecule has 0 spiro atoms. The van der Waals surface area contributed by atoms with Crippen molar-refractivity contribution in [2.75, 3.05) is 27.9 Å². The fraction of sp³-hybridized carbons (Fsp3) is 0.296. The van der Waals surface area contributed by atoms with Crippen LogP contribution in [0.4, 0.5) is 0 Å². The second-order valence-electron chi connectivity index (χ2n) is 8.16. The summed E-state index contributed by atoms with van der Waals surface area (Å²) in [5, 5.41) is 7.50. The van der Waals surface area contributed by atoms with Gasteiger partial charge in [0.05, 0.1) is 38.8 Å². The van der Waals surface area contributed by atoms with Crippen molar-refractivity contribution in [2.24, 2.45) is 0 Å². The zero-order chi connectivity index (χ0) is 24.8. The summed E-state index contributed by atoms with van der Waals surface area (Å²) in [6, 6.07) is 14.1. The third kappa shape index (κ3) is 5.06. The molecule has 0 saturated heterocycles. The van der Waals surface area contributed by atoms with Gasteiger partial charge in [-0.05, 0) is 49.4 Å². The maximum absolute atomic E-state index is 12.8. The van der Waals surface area contributed by atoms with Gasteiger partial charge in [0.25, 0.3) is 5.91 Å². The second-order valence-corrected chi connectivity index (χ2v) is 8.16. The van der Waals surface area contributed by atoms with E-state index < -0.39 is 0 Å². The van der Waals surface area contributed by atoms with Gasteiger partial charge < -0.3 is 19.5 Å². The van der Waals surface area contributed by atoms with Crippen molar-refractivity contribution in [1.29, 1.82) is 0 Å². The largest absolute Gasteiger partial charge is 0.493 e. The number of carbonyl (C=O) groups is 1. The van der Waals surface area contributed by atoms with Crippen LogP contribution in [0.1, 0.15) is 34.5 Å². The van der Waals surface area contributed by atoms with Crippen LogP contribution in [-0.2, 0) is 6.42 Å². The minimum absolute atomic E-state index is 0.151. The van der Waals surface area contributed by atoms with E-state index in [0.717, 1.165) is 36.1 Å². The normalized spacial score (nSPS) is 10.9. The van der Waals surface area contributed by atoms with E-state index in [1.54, 1.807) is 38.2 Å². The molecule has 0 atom stereocenters. The predicted octanol–water partition coefficient (Wildman–Crippen LogP) is 4.48. The van der Waals surface area contributed by atoms with E-state index in [4.69, 9.17) is 14.2 Å². The molecule has 2 heterocycles. The first-order valence-electron chi connectivity index (χ1n) is 11.5. The van der Waals surface area contributed by atoms with Crippen molar-refractivity contribution in [3.63, 3.8) is 0 Å². The van der Waals surface area contributed by atoms with Gasteiger partial charge in [0.15, 0.2) is 17.1 Å². The minimum Gasteiger partial charge on any atom is -0.493 e. The Morgan fingerprint density at radius 3 is 2.34 bits per heavy atom. The number of unbranched alkanes of at least 4 members (excludes halogenated alkanes) is 1. The summed E-state index contributed by atoms with van der Waals surface area (Å²) in [6.07, 6.45) is 6.24. The number of hydrogen-bond donors (Lipinski definition) is 1. The number of rotatable bonds is 10. The van der Waals surface area contributed by atoms with Crippen molar-refractivity contribution in [3.05, 3.63) is 71.7 Å². The van der Waals surface area contributed by atoms with Crippen molar-refractivity contribution in [3.8, 4) is 28.4 Å². The molecule has 4 rings (SSSR count). The Balaban J connectivity index is 1.49. The van der Waals surface area contributed by atoms with Crippen LogP contribution in [0.25, 0.3) is 16.8 Å². The summed E-state index contributed by atoms with van der Waals surface area (Å²) in [6.45, 7) is 2.48. The summed E-state index contributed by atoms with van der Waals surface area (Å²) in [7, 11) is 4.72. The Morgan fingerprint density at radius 1 is 0.971 bits per heavy atom. The summed E-state index contributed by atoms with van der Waals surface area (Å²) in [5.41, 5.74) is 4.77. The average molecular weight is 475 g/mol. The summed E-state index contributed by atoms with van der Waals surface area (Å²) in [5.74, 6) is 1.45. The highest BCUT2D eigenvalue weighted by atomic mass is 16.5. The van der Waals surface area contributed by atoms with Gasteiger partial charge in [-0.1, -0.05) is 30.3 Å². The van der Waals surface area contributed by atoms with E-state index >= 15 is 0 Å². The maximum Gasteiger partial charge on any atom is 0.254 e. The van der Waals surface area contributed by atoms with Crippen molar-refractivity contribution in [1.82, 2.24) is 19.9 Å². The molecule has 0 radical (unpaired) electrons. The van der Waals surface area contributed by atoms with Gasteiger partial charge in [-0.25, -0.2) is 9.50 Å². The average Bonchev–Trinajstić information content (AvgIpc) is 3.33. The van der Waals surface area contributed by atoms with Gasteiger partial charge in [0, 0.05) is 18.3 Å². The number of amides is 1. The first-order chi connectivity index (χ1) is 17.1. The molecule has 182 valence electrons. The smallest absolute Gasteiger partial charge is 0.254 e. The lowest BCUT2D eigenvalue weighted by Gasteiger charge is -2.14. The third-order valence-corrected chi connectivity index (χ3v) is 6.01. The molecule has 1 N–H and O–H groups in total. The first-order valence-corrected chi connectivity index (χ1v) is 11.5. The van der Waals surface area contributed by atoms with Crippen LogP contribution in [0.3, 0.4) is 0 Å². The molecular formula is C27H30N4O4. The number of carbonyl (C=O) groups excluding carboxylic acids is 1. The fourth-order valence-corrected chi connectivity index (χ4v) is 4.10. The number of nitrogens with one attached hydrogen (secondary N) is 1. The molecule has 0 saturated carbocycles. The summed E-state index contributed by atoms with van der Waals surface area (Å²) >= 11 is 0. The van der Waals surface area contributed by atoms with Crippen molar-refractivity contribution < 1.29 is 19.0 Å². The quantitative estimate of drug-likeness (QED) is 0.341. The predicted molar refractivity (Wildman–Crippen MR) is 135 cm³/mol. The van der Waals surface area contributed by atoms with Crippen LogP contribution in [-0.4, -0.2) is 48.4 Å². The Hall–Kier alpha value is -4.07. The van der Waals surface area contributed by atoms with Crippen LogP contribution in [0, 0.1) is 6.92 Å². The first kappa shape index (κ1) is 24.1.